The summed E-state index contributed by atoms with van der Waals surface area (Å²) >= 11 is 1.52. The van der Waals surface area contributed by atoms with E-state index >= 15 is 0 Å². The number of aryl methyl sites for hydroxylation is 2. The van der Waals surface area contributed by atoms with Crippen LogP contribution in [0.5, 0.6) is 0 Å². The van der Waals surface area contributed by atoms with Crippen molar-refractivity contribution in [1.82, 2.24) is 15.2 Å². The Labute approximate surface area is 143 Å². The van der Waals surface area contributed by atoms with Gasteiger partial charge in [-0.05, 0) is 45.7 Å². The molecule has 0 saturated carbocycles. The monoisotopic (exact) mass is 353 g/mol. The Kier molecular flexibility index (Phi) is 9.45. The summed E-state index contributed by atoms with van der Waals surface area (Å²) in [5, 5.41) is 4.37. The number of rotatable bonds is 4. The lowest BCUT2D eigenvalue weighted by molar-refractivity contribution is 0.0694. The highest BCUT2D eigenvalue weighted by molar-refractivity contribution is 7.13. The molecular weight excluding hydrogens is 329 g/mol. The maximum absolute atomic E-state index is 12.4. The Bertz CT molecular complexity index is 445. The van der Waals surface area contributed by atoms with Crippen LogP contribution in [0.2, 0.25) is 0 Å². The van der Waals surface area contributed by atoms with Gasteiger partial charge in [0.05, 0.1) is 10.7 Å². The number of carbonyl (C=O) groups is 1. The normalized spacial score (nSPS) is 15.3. The number of halogens is 2. The molecule has 1 N–H and O–H groups in total. The molecule has 0 spiro atoms. The molecule has 2 rings (SSSR count). The van der Waals surface area contributed by atoms with Crippen molar-refractivity contribution in [3.8, 4) is 0 Å². The molecule has 0 aromatic carbocycles. The highest BCUT2D eigenvalue weighted by Crippen LogP contribution is 2.23. The van der Waals surface area contributed by atoms with Crippen molar-refractivity contribution in [1.29, 1.82) is 0 Å². The summed E-state index contributed by atoms with van der Waals surface area (Å²) in [5.74, 6) is 0.887. The van der Waals surface area contributed by atoms with E-state index in [1.165, 1.54) is 11.3 Å². The average molecular weight is 354 g/mol. The van der Waals surface area contributed by atoms with Crippen molar-refractivity contribution in [3.63, 3.8) is 0 Å². The smallest absolute Gasteiger partial charge is 0.265 e. The van der Waals surface area contributed by atoms with Crippen molar-refractivity contribution < 1.29 is 4.79 Å². The van der Waals surface area contributed by atoms with Crippen molar-refractivity contribution in [2.75, 3.05) is 26.2 Å². The van der Waals surface area contributed by atoms with E-state index in [4.69, 9.17) is 0 Å². The molecule has 1 amide bonds. The predicted molar refractivity (Wildman–Crippen MR) is 93.3 cm³/mol. The van der Waals surface area contributed by atoms with Crippen molar-refractivity contribution >= 4 is 42.1 Å². The summed E-state index contributed by atoms with van der Waals surface area (Å²) in [6, 6.07) is 0. The summed E-state index contributed by atoms with van der Waals surface area (Å²) in [5.41, 5.74) is 0.877. The summed E-state index contributed by atoms with van der Waals surface area (Å²) in [6.45, 7) is 9.88. The van der Waals surface area contributed by atoms with Crippen LogP contribution >= 0.6 is 36.2 Å². The Morgan fingerprint density at radius 2 is 1.95 bits per heavy atom. The summed E-state index contributed by atoms with van der Waals surface area (Å²) < 4.78 is 0. The fourth-order valence-corrected chi connectivity index (χ4v) is 3.45. The fraction of sp³-hybridized carbons (Fsp3) is 0.714. The molecule has 1 aliphatic rings. The lowest BCUT2D eigenvalue weighted by Crippen LogP contribution is -2.40. The van der Waals surface area contributed by atoms with Crippen LogP contribution in [-0.2, 0) is 0 Å². The number of carbonyl (C=O) groups excluding carboxylic acids is 1. The van der Waals surface area contributed by atoms with Crippen molar-refractivity contribution in [3.05, 3.63) is 15.6 Å². The number of aromatic nitrogens is 1. The van der Waals surface area contributed by atoms with E-state index in [0.717, 1.165) is 54.6 Å². The molecule has 0 atom stereocenters. The Morgan fingerprint density at radius 3 is 2.43 bits per heavy atom. The maximum atomic E-state index is 12.4. The van der Waals surface area contributed by atoms with Gasteiger partial charge in [0.2, 0.25) is 0 Å². The minimum Gasteiger partial charge on any atom is -0.338 e. The van der Waals surface area contributed by atoms with E-state index in [2.05, 4.69) is 17.2 Å². The number of nitrogens with zero attached hydrogens (tertiary/aromatic N) is 2. The van der Waals surface area contributed by atoms with Crippen LogP contribution in [0.3, 0.4) is 0 Å². The molecule has 1 fully saturated rings. The fourth-order valence-electron chi connectivity index (χ4n) is 2.56. The number of hydrogen-bond acceptors (Lipinski definition) is 4. The molecule has 2 heterocycles. The SMILES string of the molecule is CCNCC1CCN(C(=O)c2sc(C)nc2C)CC1.Cl.Cl. The van der Waals surface area contributed by atoms with E-state index in [0.29, 0.717) is 5.92 Å². The summed E-state index contributed by atoms with van der Waals surface area (Å²) in [7, 11) is 0. The van der Waals surface area contributed by atoms with E-state index < -0.39 is 0 Å². The standard InChI is InChI=1S/C14H23N3OS.2ClH/c1-4-15-9-12-5-7-17(8-6-12)14(18)13-10(2)16-11(3)19-13;;/h12,15H,4-9H2,1-3H3;2*1H. The third-order valence-electron chi connectivity index (χ3n) is 3.68. The van der Waals surface area contributed by atoms with Crippen LogP contribution < -0.4 is 5.32 Å². The molecule has 122 valence electrons. The van der Waals surface area contributed by atoms with Gasteiger partial charge in [-0.25, -0.2) is 4.98 Å². The quantitative estimate of drug-likeness (QED) is 0.904. The van der Waals surface area contributed by atoms with E-state index in [-0.39, 0.29) is 30.7 Å². The maximum Gasteiger partial charge on any atom is 0.265 e. The Morgan fingerprint density at radius 1 is 1.33 bits per heavy atom. The molecule has 0 bridgehead atoms. The molecule has 1 aromatic heterocycles. The first-order chi connectivity index (χ1) is 9.11. The van der Waals surface area contributed by atoms with Crippen molar-refractivity contribution in [2.24, 2.45) is 5.92 Å². The topological polar surface area (TPSA) is 45.2 Å². The molecule has 0 radical (unpaired) electrons. The lowest BCUT2D eigenvalue weighted by atomic mass is 9.96. The Hall–Kier alpha value is -0.360. The van der Waals surface area contributed by atoms with Crippen LogP contribution in [0.4, 0.5) is 0 Å². The van der Waals surface area contributed by atoms with Crippen LogP contribution in [0.15, 0.2) is 0 Å². The molecule has 4 nitrogen and oxygen atoms in total. The second-order valence-electron chi connectivity index (χ2n) is 5.19. The zero-order valence-corrected chi connectivity index (χ0v) is 15.3. The van der Waals surface area contributed by atoms with Crippen LogP contribution in [0.1, 0.15) is 40.1 Å². The van der Waals surface area contributed by atoms with Gasteiger partial charge in [0.1, 0.15) is 4.88 Å². The second kappa shape index (κ2) is 9.62. The van der Waals surface area contributed by atoms with Crippen LogP contribution in [-0.4, -0.2) is 42.0 Å². The van der Waals surface area contributed by atoms with Crippen LogP contribution in [0.25, 0.3) is 0 Å². The van der Waals surface area contributed by atoms with Gasteiger partial charge >= 0.3 is 0 Å². The van der Waals surface area contributed by atoms with Gasteiger partial charge in [0.15, 0.2) is 0 Å². The largest absolute Gasteiger partial charge is 0.338 e. The third kappa shape index (κ3) is 5.40. The average Bonchev–Trinajstić information content (AvgIpc) is 2.75. The molecule has 1 aromatic rings. The molecular formula is C14H25Cl2N3OS. The zero-order chi connectivity index (χ0) is 13.8. The minimum absolute atomic E-state index is 0. The first-order valence-electron chi connectivity index (χ1n) is 7.05. The van der Waals surface area contributed by atoms with Gasteiger partial charge in [0, 0.05) is 13.1 Å². The number of piperidine rings is 1. The summed E-state index contributed by atoms with van der Waals surface area (Å²) in [6.07, 6.45) is 2.21. The summed E-state index contributed by atoms with van der Waals surface area (Å²) in [4.78, 5) is 19.6. The number of thiazole rings is 1. The first-order valence-corrected chi connectivity index (χ1v) is 7.87. The van der Waals surface area contributed by atoms with Gasteiger partial charge in [-0.2, -0.15) is 0 Å². The molecule has 7 heteroatoms. The highest BCUT2D eigenvalue weighted by atomic mass is 35.5. The van der Waals surface area contributed by atoms with Gasteiger partial charge in [0.25, 0.3) is 5.91 Å². The second-order valence-corrected chi connectivity index (χ2v) is 6.39. The number of hydrogen-bond donors (Lipinski definition) is 1. The van der Waals surface area contributed by atoms with Gasteiger partial charge in [-0.15, -0.1) is 36.2 Å². The first kappa shape index (κ1) is 20.6. The minimum atomic E-state index is 0. The zero-order valence-electron chi connectivity index (χ0n) is 12.8. The number of nitrogens with one attached hydrogen (secondary N) is 1. The van der Waals surface area contributed by atoms with Crippen LogP contribution in [0, 0.1) is 19.8 Å². The van der Waals surface area contributed by atoms with E-state index in [1.54, 1.807) is 0 Å². The van der Waals surface area contributed by atoms with Gasteiger partial charge in [-0.3, -0.25) is 4.79 Å². The Balaban J connectivity index is 0.00000200. The third-order valence-corrected chi connectivity index (χ3v) is 4.74. The van der Waals surface area contributed by atoms with E-state index in [9.17, 15) is 4.79 Å². The number of amides is 1. The molecule has 0 aliphatic carbocycles. The predicted octanol–water partition coefficient (Wildman–Crippen LogP) is 3.07. The number of likely N-dealkylation sites (tertiary alicyclic amines) is 1. The molecule has 0 unspecified atom stereocenters. The van der Waals surface area contributed by atoms with Gasteiger partial charge < -0.3 is 10.2 Å². The molecule has 21 heavy (non-hydrogen) atoms. The highest BCUT2D eigenvalue weighted by Gasteiger charge is 2.25. The van der Waals surface area contributed by atoms with Crippen molar-refractivity contribution in [2.45, 2.75) is 33.6 Å². The van der Waals surface area contributed by atoms with Gasteiger partial charge in [-0.1, -0.05) is 6.92 Å². The van der Waals surface area contributed by atoms with E-state index in [1.807, 2.05) is 18.7 Å². The molecule has 1 aliphatic heterocycles. The molecule has 1 saturated heterocycles. The lowest BCUT2D eigenvalue weighted by Gasteiger charge is -2.31.